The average Bonchev–Trinajstić information content (AvgIpc) is 3.30. The van der Waals surface area contributed by atoms with E-state index in [1.807, 2.05) is 6.33 Å². The summed E-state index contributed by atoms with van der Waals surface area (Å²) < 4.78 is 4.65. The maximum Gasteiger partial charge on any atom is 0.287 e. The zero-order chi connectivity index (χ0) is 21.6. The van der Waals surface area contributed by atoms with Crippen LogP contribution in [0.3, 0.4) is 0 Å². The van der Waals surface area contributed by atoms with E-state index in [4.69, 9.17) is 4.98 Å². The number of para-hydroxylation sites is 2. The first-order valence-corrected chi connectivity index (χ1v) is 11.1. The van der Waals surface area contributed by atoms with Crippen molar-refractivity contribution in [2.75, 3.05) is 0 Å². The molecule has 7 rings (SSSR count). The first-order valence-electron chi connectivity index (χ1n) is 11.1. The monoisotopic (exact) mass is 412 g/mol. The van der Waals surface area contributed by atoms with E-state index in [2.05, 4.69) is 103 Å². The molecule has 0 saturated heterocycles. The molecule has 0 aliphatic rings. The first kappa shape index (κ1) is 17.7. The van der Waals surface area contributed by atoms with Crippen LogP contribution >= 0.6 is 0 Å². The highest BCUT2D eigenvalue weighted by atomic mass is 15.0. The molecule has 3 heteroatoms. The summed E-state index contributed by atoms with van der Waals surface area (Å²) in [7, 11) is 2.11. The predicted molar refractivity (Wildman–Crippen MR) is 132 cm³/mol. The van der Waals surface area contributed by atoms with Crippen LogP contribution in [0.2, 0.25) is 0 Å². The largest absolute Gasteiger partial charge is 0.304 e. The Labute approximate surface area is 185 Å². The molecule has 3 aromatic heterocycles. The molecule has 0 spiro atoms. The summed E-state index contributed by atoms with van der Waals surface area (Å²) in [5.74, 6) is 0. The summed E-state index contributed by atoms with van der Waals surface area (Å²) in [6.07, 6.45) is 1.96. The molecule has 3 nitrogen and oxygen atoms in total. The first-order chi connectivity index (χ1) is 15.6. The Morgan fingerprint density at radius 3 is 2.31 bits per heavy atom. The van der Waals surface area contributed by atoms with Crippen molar-refractivity contribution in [3.8, 4) is 11.4 Å². The number of aromatic nitrogens is 3. The molecule has 0 fully saturated rings. The van der Waals surface area contributed by atoms with Gasteiger partial charge in [0.15, 0.2) is 11.2 Å². The summed E-state index contributed by atoms with van der Waals surface area (Å²) in [5.41, 5.74) is 8.64. The van der Waals surface area contributed by atoms with E-state index in [9.17, 15) is 0 Å². The second-order valence-corrected chi connectivity index (χ2v) is 8.85. The van der Waals surface area contributed by atoms with Crippen LogP contribution in [-0.2, 0) is 7.05 Å². The van der Waals surface area contributed by atoms with Gasteiger partial charge in [0.25, 0.3) is 6.33 Å². The Hall–Kier alpha value is -3.98. The number of hydrogen-bond donors (Lipinski definition) is 0. The molecule has 0 saturated carbocycles. The van der Waals surface area contributed by atoms with Gasteiger partial charge < -0.3 is 4.40 Å². The third kappa shape index (κ3) is 2.06. The van der Waals surface area contributed by atoms with Gasteiger partial charge in [0.2, 0.25) is 0 Å². The molecule has 0 aliphatic carbocycles. The lowest BCUT2D eigenvalue weighted by molar-refractivity contribution is -0.662. The minimum atomic E-state index is 1.07. The van der Waals surface area contributed by atoms with Gasteiger partial charge in [-0.3, -0.25) is 0 Å². The van der Waals surface area contributed by atoms with Gasteiger partial charge >= 0.3 is 0 Å². The lowest BCUT2D eigenvalue weighted by Gasteiger charge is -2.11. The van der Waals surface area contributed by atoms with Crippen molar-refractivity contribution >= 4 is 48.9 Å². The summed E-state index contributed by atoms with van der Waals surface area (Å²) >= 11 is 0. The molecule has 4 aromatic carbocycles. The van der Waals surface area contributed by atoms with E-state index in [-0.39, 0.29) is 0 Å². The molecule has 0 unspecified atom stereocenters. The molecule has 0 atom stereocenters. The molecular formula is C29H22N3+. The normalized spacial score (nSPS) is 12.2. The third-order valence-corrected chi connectivity index (χ3v) is 7.14. The van der Waals surface area contributed by atoms with Gasteiger partial charge in [-0.2, -0.15) is 0 Å². The maximum atomic E-state index is 4.87. The molecule has 32 heavy (non-hydrogen) atoms. The van der Waals surface area contributed by atoms with Crippen molar-refractivity contribution in [3.63, 3.8) is 0 Å². The van der Waals surface area contributed by atoms with Gasteiger partial charge in [0.1, 0.15) is 0 Å². The number of rotatable bonds is 1. The lowest BCUT2D eigenvalue weighted by atomic mass is 9.98. The Morgan fingerprint density at radius 2 is 1.44 bits per heavy atom. The zero-order valence-corrected chi connectivity index (χ0v) is 18.3. The highest BCUT2D eigenvalue weighted by molar-refractivity contribution is 6.18. The van der Waals surface area contributed by atoms with E-state index in [1.54, 1.807) is 0 Å². The predicted octanol–water partition coefficient (Wildman–Crippen LogP) is 6.49. The van der Waals surface area contributed by atoms with Crippen LogP contribution in [0, 0.1) is 13.8 Å². The number of hydrogen-bond acceptors (Lipinski definition) is 1. The van der Waals surface area contributed by atoms with Gasteiger partial charge in [-0.25, -0.2) is 4.57 Å². The number of benzene rings is 4. The van der Waals surface area contributed by atoms with Crippen LogP contribution in [0.25, 0.3) is 60.3 Å². The quantitative estimate of drug-likeness (QED) is 0.223. The van der Waals surface area contributed by atoms with Crippen LogP contribution in [0.4, 0.5) is 0 Å². The van der Waals surface area contributed by atoms with Gasteiger partial charge in [0.05, 0.1) is 29.2 Å². The fourth-order valence-electron chi connectivity index (χ4n) is 5.68. The van der Waals surface area contributed by atoms with Crippen LogP contribution in [0.1, 0.15) is 11.1 Å². The van der Waals surface area contributed by atoms with E-state index in [0.717, 1.165) is 5.52 Å². The molecule has 0 N–H and O–H groups in total. The molecule has 152 valence electrons. The molecule has 3 heterocycles. The molecule has 0 radical (unpaired) electrons. The van der Waals surface area contributed by atoms with E-state index < -0.39 is 0 Å². The Balaban J connectivity index is 1.75. The second-order valence-electron chi connectivity index (χ2n) is 8.85. The number of aryl methyl sites for hydroxylation is 3. The van der Waals surface area contributed by atoms with Crippen molar-refractivity contribution in [2.24, 2.45) is 7.05 Å². The standard InChI is InChI=1S/C29H22N3/c1-17-20-10-5-4-9-19(20)15-24-26(17)30-16-31(3)29(24)27-18(2)21-12-8-13-23-22-11-6-7-14-25(22)32(27)28(21)23/h4-16H,1-3H3/q+1. The Kier molecular flexibility index (Phi) is 3.34. The highest BCUT2D eigenvalue weighted by Gasteiger charge is 2.26. The van der Waals surface area contributed by atoms with Crippen molar-refractivity contribution in [1.29, 1.82) is 0 Å². The SMILES string of the molecule is Cc1c(-c2c3cc4ccccc4c(C)c3nc[n+]2C)n2c3ccccc3c3cccc1c32. The fourth-order valence-corrected chi connectivity index (χ4v) is 5.68. The summed E-state index contributed by atoms with van der Waals surface area (Å²) in [6.45, 7) is 4.45. The van der Waals surface area contributed by atoms with Crippen molar-refractivity contribution in [3.05, 3.63) is 90.3 Å². The van der Waals surface area contributed by atoms with E-state index in [1.165, 1.54) is 65.9 Å². The van der Waals surface area contributed by atoms with Crippen LogP contribution in [0.5, 0.6) is 0 Å². The zero-order valence-electron chi connectivity index (χ0n) is 18.3. The van der Waals surface area contributed by atoms with Crippen molar-refractivity contribution in [1.82, 2.24) is 9.38 Å². The van der Waals surface area contributed by atoms with Gasteiger partial charge in [-0.1, -0.05) is 60.7 Å². The average molecular weight is 413 g/mol. The van der Waals surface area contributed by atoms with Crippen molar-refractivity contribution in [2.45, 2.75) is 13.8 Å². The minimum absolute atomic E-state index is 1.07. The number of fused-ring (bicyclic) bond motifs is 5. The molecular weight excluding hydrogens is 390 g/mol. The van der Waals surface area contributed by atoms with Crippen molar-refractivity contribution < 1.29 is 4.57 Å². The van der Waals surface area contributed by atoms with E-state index >= 15 is 0 Å². The lowest BCUT2D eigenvalue weighted by Crippen LogP contribution is -2.32. The molecule has 0 amide bonds. The Bertz CT molecular complexity index is 1860. The Morgan fingerprint density at radius 1 is 0.719 bits per heavy atom. The third-order valence-electron chi connectivity index (χ3n) is 7.14. The van der Waals surface area contributed by atoms with Crippen LogP contribution < -0.4 is 4.57 Å². The summed E-state index contributed by atoms with van der Waals surface area (Å²) in [5, 5.41) is 7.65. The summed E-state index contributed by atoms with van der Waals surface area (Å²) in [4.78, 5) is 4.87. The highest BCUT2D eigenvalue weighted by Crippen LogP contribution is 2.42. The van der Waals surface area contributed by atoms with Crippen LogP contribution in [-0.4, -0.2) is 9.38 Å². The number of nitrogens with zero attached hydrogens (tertiary/aromatic N) is 3. The van der Waals surface area contributed by atoms with Gasteiger partial charge in [0, 0.05) is 21.7 Å². The second kappa shape index (κ2) is 6.04. The maximum absolute atomic E-state index is 4.87. The molecule has 7 aromatic rings. The summed E-state index contributed by atoms with van der Waals surface area (Å²) in [6, 6.07) is 26.3. The molecule has 0 aliphatic heterocycles. The fraction of sp³-hybridized carbons (Fsp3) is 0.103. The van der Waals surface area contributed by atoms with Crippen LogP contribution in [0.15, 0.2) is 79.1 Å². The molecule has 0 bridgehead atoms. The van der Waals surface area contributed by atoms with Gasteiger partial charge in [-0.05, 0) is 47.3 Å². The smallest absolute Gasteiger partial charge is 0.287 e. The topological polar surface area (TPSA) is 21.2 Å². The van der Waals surface area contributed by atoms with Gasteiger partial charge in [-0.15, -0.1) is 0 Å². The minimum Gasteiger partial charge on any atom is -0.304 e. The van der Waals surface area contributed by atoms with E-state index in [0.29, 0.717) is 0 Å².